The fourth-order valence-corrected chi connectivity index (χ4v) is 5.74. The molecule has 0 spiro atoms. The van der Waals surface area contributed by atoms with E-state index in [1.807, 2.05) is 4.90 Å². The first-order chi connectivity index (χ1) is 13.5. The smallest absolute Gasteiger partial charge is 0.243 e. The van der Waals surface area contributed by atoms with E-state index in [9.17, 15) is 13.2 Å². The van der Waals surface area contributed by atoms with Crippen LogP contribution < -0.4 is 4.74 Å². The minimum Gasteiger partial charge on any atom is -0.497 e. The first-order valence-corrected chi connectivity index (χ1v) is 11.6. The maximum absolute atomic E-state index is 13.1. The van der Waals surface area contributed by atoms with Crippen molar-refractivity contribution in [2.24, 2.45) is 5.92 Å². The summed E-state index contributed by atoms with van der Waals surface area (Å²) < 4.78 is 32.8. The minimum absolute atomic E-state index is 0.0850. The topological polar surface area (TPSA) is 70.2 Å². The highest BCUT2D eigenvalue weighted by Gasteiger charge is 2.39. The zero-order valence-electron chi connectivity index (χ0n) is 16.4. The first-order valence-electron chi connectivity index (χ1n) is 10.2. The van der Waals surface area contributed by atoms with Crippen LogP contribution in [0.3, 0.4) is 0 Å². The number of sulfonamides is 1. The van der Waals surface area contributed by atoms with E-state index in [-0.39, 0.29) is 16.8 Å². The van der Waals surface area contributed by atoms with E-state index in [0.717, 1.165) is 32.5 Å². The molecule has 0 radical (unpaired) electrons. The van der Waals surface area contributed by atoms with Crippen LogP contribution in [0, 0.1) is 5.92 Å². The summed E-state index contributed by atoms with van der Waals surface area (Å²) in [4.78, 5) is 17.2. The number of amides is 1. The van der Waals surface area contributed by atoms with E-state index >= 15 is 0 Å². The summed E-state index contributed by atoms with van der Waals surface area (Å²) in [6, 6.07) is 6.52. The van der Waals surface area contributed by atoms with Crippen molar-refractivity contribution in [1.82, 2.24) is 14.1 Å². The molecule has 0 N–H and O–H groups in total. The number of methoxy groups -OCH3 is 1. The highest BCUT2D eigenvalue weighted by molar-refractivity contribution is 7.89. The highest BCUT2D eigenvalue weighted by Crippen LogP contribution is 2.32. The standard InChI is InChI=1S/C20H29N3O4S/c1-27-17-4-2-5-18(14-17)28(25,26)23-10-3-9-21(12-13-23)19-8-11-22(20(19)24)15-16-6-7-16/h2,4-5,14,16,19H,3,6-13,15H2,1H3. The summed E-state index contributed by atoms with van der Waals surface area (Å²) in [5.41, 5.74) is 0. The Hall–Kier alpha value is -1.64. The molecule has 1 aromatic rings. The van der Waals surface area contributed by atoms with Crippen molar-refractivity contribution in [3.63, 3.8) is 0 Å². The third-order valence-electron chi connectivity index (χ3n) is 6.05. The number of hydrogen-bond donors (Lipinski definition) is 0. The van der Waals surface area contributed by atoms with E-state index in [2.05, 4.69) is 4.90 Å². The second-order valence-electron chi connectivity index (χ2n) is 8.00. The molecule has 7 nitrogen and oxygen atoms in total. The summed E-state index contributed by atoms with van der Waals surface area (Å²) in [6.45, 7) is 3.98. The fourth-order valence-electron chi connectivity index (χ4n) is 4.23. The van der Waals surface area contributed by atoms with Gasteiger partial charge in [-0.3, -0.25) is 9.69 Å². The van der Waals surface area contributed by atoms with Gasteiger partial charge < -0.3 is 9.64 Å². The molecular weight excluding hydrogens is 378 g/mol. The van der Waals surface area contributed by atoms with Crippen molar-refractivity contribution >= 4 is 15.9 Å². The molecule has 0 aromatic heterocycles. The molecule has 0 bridgehead atoms. The van der Waals surface area contributed by atoms with Gasteiger partial charge in [0, 0.05) is 45.3 Å². The molecule has 2 aliphatic heterocycles. The summed E-state index contributed by atoms with van der Waals surface area (Å²) in [5, 5.41) is 0. The maximum Gasteiger partial charge on any atom is 0.243 e. The van der Waals surface area contributed by atoms with Gasteiger partial charge in [-0.1, -0.05) is 6.07 Å². The van der Waals surface area contributed by atoms with Gasteiger partial charge >= 0.3 is 0 Å². The molecule has 1 amide bonds. The fraction of sp³-hybridized carbons (Fsp3) is 0.650. The predicted octanol–water partition coefficient (Wildman–Crippen LogP) is 1.40. The lowest BCUT2D eigenvalue weighted by Crippen LogP contribution is -2.44. The maximum atomic E-state index is 13.1. The molecule has 1 aromatic carbocycles. The van der Waals surface area contributed by atoms with Gasteiger partial charge in [-0.25, -0.2) is 8.42 Å². The lowest BCUT2D eigenvalue weighted by molar-refractivity contribution is -0.132. The van der Waals surface area contributed by atoms with E-state index in [4.69, 9.17) is 4.74 Å². The lowest BCUT2D eigenvalue weighted by atomic mass is 10.2. The molecule has 154 valence electrons. The number of ether oxygens (including phenoxy) is 1. The van der Waals surface area contributed by atoms with Crippen molar-refractivity contribution in [2.45, 2.75) is 36.6 Å². The molecule has 1 saturated carbocycles. The highest BCUT2D eigenvalue weighted by atomic mass is 32.2. The van der Waals surface area contributed by atoms with E-state index in [1.54, 1.807) is 28.6 Å². The summed E-state index contributed by atoms with van der Waals surface area (Å²) in [6.07, 6.45) is 4.08. The molecule has 28 heavy (non-hydrogen) atoms. The predicted molar refractivity (Wildman–Crippen MR) is 106 cm³/mol. The number of carbonyl (C=O) groups excluding carboxylic acids is 1. The normalized spacial score (nSPS) is 25.1. The lowest BCUT2D eigenvalue weighted by Gasteiger charge is -2.26. The molecule has 3 aliphatic rings. The van der Waals surface area contributed by atoms with Gasteiger partial charge in [-0.05, 0) is 43.7 Å². The molecule has 2 saturated heterocycles. The van der Waals surface area contributed by atoms with Crippen LogP contribution in [0.2, 0.25) is 0 Å². The molecule has 1 aliphatic carbocycles. The zero-order chi connectivity index (χ0) is 19.7. The third kappa shape index (κ3) is 4.04. The number of carbonyl (C=O) groups is 1. The second kappa shape index (κ2) is 8.00. The van der Waals surface area contributed by atoms with Crippen LogP contribution >= 0.6 is 0 Å². The van der Waals surface area contributed by atoms with Crippen molar-refractivity contribution in [3.05, 3.63) is 24.3 Å². The second-order valence-corrected chi connectivity index (χ2v) is 9.94. The Morgan fingerprint density at radius 2 is 1.89 bits per heavy atom. The van der Waals surface area contributed by atoms with Crippen molar-refractivity contribution in [3.8, 4) is 5.75 Å². The van der Waals surface area contributed by atoms with Crippen LogP contribution in [0.5, 0.6) is 5.75 Å². The Balaban J connectivity index is 1.41. The quantitative estimate of drug-likeness (QED) is 0.713. The van der Waals surface area contributed by atoms with Crippen LogP contribution in [0.15, 0.2) is 29.2 Å². The monoisotopic (exact) mass is 407 g/mol. The van der Waals surface area contributed by atoms with Crippen molar-refractivity contribution in [2.75, 3.05) is 46.4 Å². The molecule has 8 heteroatoms. The third-order valence-corrected chi connectivity index (χ3v) is 7.95. The molecule has 1 unspecified atom stereocenters. The SMILES string of the molecule is COc1cccc(S(=O)(=O)N2CCCN(C3CCN(CC4CC4)C3=O)CC2)c1. The number of nitrogens with zero attached hydrogens (tertiary/aromatic N) is 3. The zero-order valence-corrected chi connectivity index (χ0v) is 17.2. The van der Waals surface area contributed by atoms with Gasteiger partial charge in [-0.2, -0.15) is 4.31 Å². The number of rotatable bonds is 6. The van der Waals surface area contributed by atoms with Crippen LogP contribution in [0.25, 0.3) is 0 Å². The van der Waals surface area contributed by atoms with E-state index < -0.39 is 10.0 Å². The van der Waals surface area contributed by atoms with Gasteiger partial charge in [0.15, 0.2) is 0 Å². The van der Waals surface area contributed by atoms with Gasteiger partial charge in [-0.15, -0.1) is 0 Å². The molecule has 1 atom stereocenters. The van der Waals surface area contributed by atoms with Crippen molar-refractivity contribution in [1.29, 1.82) is 0 Å². The Kier molecular flexibility index (Phi) is 5.62. The molecule has 2 heterocycles. The molecular formula is C20H29N3O4S. The Morgan fingerprint density at radius 3 is 2.64 bits per heavy atom. The average molecular weight is 408 g/mol. The van der Waals surface area contributed by atoms with Crippen molar-refractivity contribution < 1.29 is 17.9 Å². The largest absolute Gasteiger partial charge is 0.497 e. The minimum atomic E-state index is -3.57. The average Bonchev–Trinajstić information content (AvgIpc) is 3.49. The summed E-state index contributed by atoms with van der Waals surface area (Å²) >= 11 is 0. The van der Waals surface area contributed by atoms with E-state index in [1.165, 1.54) is 20.0 Å². The van der Waals surface area contributed by atoms with Crippen LogP contribution in [-0.2, 0) is 14.8 Å². The Bertz CT molecular complexity index is 824. The Labute approximate surface area is 167 Å². The summed E-state index contributed by atoms with van der Waals surface area (Å²) in [5.74, 6) is 1.47. The van der Waals surface area contributed by atoms with Gasteiger partial charge in [0.05, 0.1) is 18.0 Å². The number of likely N-dealkylation sites (tertiary alicyclic amines) is 1. The molecule has 4 rings (SSSR count). The summed E-state index contributed by atoms with van der Waals surface area (Å²) in [7, 11) is -2.04. The van der Waals surface area contributed by atoms with E-state index in [0.29, 0.717) is 31.3 Å². The Morgan fingerprint density at radius 1 is 1.07 bits per heavy atom. The van der Waals surface area contributed by atoms with Crippen LogP contribution in [0.4, 0.5) is 0 Å². The first kappa shape index (κ1) is 19.7. The van der Waals surface area contributed by atoms with Gasteiger partial charge in [0.1, 0.15) is 5.75 Å². The van der Waals surface area contributed by atoms with Gasteiger partial charge in [0.25, 0.3) is 0 Å². The number of hydrogen-bond acceptors (Lipinski definition) is 5. The van der Waals surface area contributed by atoms with Crippen LogP contribution in [0.1, 0.15) is 25.7 Å². The number of benzene rings is 1. The molecule has 3 fully saturated rings. The van der Waals surface area contributed by atoms with Gasteiger partial charge in [0.2, 0.25) is 15.9 Å². The van der Waals surface area contributed by atoms with Crippen LogP contribution in [-0.4, -0.2) is 80.9 Å².